The summed E-state index contributed by atoms with van der Waals surface area (Å²) in [5.41, 5.74) is -0.944. The number of carboxylic acid groups (broad SMARTS) is 1. The van der Waals surface area contributed by atoms with Gasteiger partial charge in [-0.05, 0) is 46.5 Å². The fourth-order valence-corrected chi connectivity index (χ4v) is 5.93. The van der Waals surface area contributed by atoms with Gasteiger partial charge in [0, 0.05) is 20.0 Å². The van der Waals surface area contributed by atoms with E-state index in [-0.39, 0.29) is 24.4 Å². The molecule has 0 heterocycles. The van der Waals surface area contributed by atoms with E-state index in [0.717, 1.165) is 64.2 Å². The molecule has 0 saturated carbocycles. The van der Waals surface area contributed by atoms with Crippen LogP contribution in [0.3, 0.4) is 0 Å². The molecule has 0 aromatic carbocycles. The summed E-state index contributed by atoms with van der Waals surface area (Å²) in [6.45, 7) is 7.22. The molecule has 1 amide bonds. The molecule has 0 saturated heterocycles. The van der Waals surface area contributed by atoms with E-state index >= 15 is 0 Å². The second kappa shape index (κ2) is 21.3. The highest BCUT2D eigenvalue weighted by Crippen LogP contribution is 2.50. The lowest BCUT2D eigenvalue weighted by Crippen LogP contribution is -2.44. The first-order chi connectivity index (χ1) is 18.3. The zero-order valence-corrected chi connectivity index (χ0v) is 26.1. The van der Waals surface area contributed by atoms with Crippen molar-refractivity contribution in [2.75, 3.05) is 7.11 Å². The quantitative estimate of drug-likeness (QED) is 0.0625. The Morgan fingerprint density at radius 2 is 1.28 bits per heavy atom. The number of amides is 1. The highest BCUT2D eigenvalue weighted by Gasteiger charge is 2.30. The predicted molar refractivity (Wildman–Crippen MR) is 155 cm³/mol. The van der Waals surface area contributed by atoms with E-state index in [2.05, 4.69) is 5.32 Å². The SMILES string of the molecule is CCC[C@@H](CCCCCCCCCCCCCCC(=O)NC(CCC(=O)O)C(=O)OC(C)(C)C)P(=O)(O)OC. The van der Waals surface area contributed by atoms with Crippen LogP contribution < -0.4 is 5.32 Å². The minimum atomic E-state index is -3.47. The van der Waals surface area contributed by atoms with Crippen molar-refractivity contribution in [2.24, 2.45) is 0 Å². The molecule has 0 bridgehead atoms. The molecule has 0 rings (SSSR count). The summed E-state index contributed by atoms with van der Waals surface area (Å²) in [6.07, 6.45) is 15.6. The molecule has 2 unspecified atom stereocenters. The lowest BCUT2D eigenvalue weighted by atomic mass is 10.0. The molecule has 0 radical (unpaired) electrons. The molecule has 0 spiro atoms. The number of rotatable bonds is 24. The summed E-state index contributed by atoms with van der Waals surface area (Å²) in [7, 11) is -2.14. The van der Waals surface area contributed by atoms with Gasteiger partial charge in [0.25, 0.3) is 0 Å². The molecule has 39 heavy (non-hydrogen) atoms. The second-order valence-corrected chi connectivity index (χ2v) is 13.8. The van der Waals surface area contributed by atoms with Crippen molar-refractivity contribution < 1.29 is 38.2 Å². The lowest BCUT2D eigenvalue weighted by Gasteiger charge is -2.24. The monoisotopic (exact) mass is 577 g/mol. The summed E-state index contributed by atoms with van der Waals surface area (Å²) in [4.78, 5) is 45.5. The van der Waals surface area contributed by atoms with Crippen LogP contribution in [0.1, 0.15) is 143 Å². The normalized spacial score (nSPS) is 14.8. The van der Waals surface area contributed by atoms with Gasteiger partial charge in [-0.3, -0.25) is 14.2 Å². The number of carbonyl (C=O) groups is 3. The van der Waals surface area contributed by atoms with Crippen LogP contribution in [0.4, 0.5) is 0 Å². The van der Waals surface area contributed by atoms with Crippen LogP contribution in [-0.4, -0.2) is 52.3 Å². The van der Waals surface area contributed by atoms with Crippen molar-refractivity contribution in [3.8, 4) is 0 Å². The number of esters is 1. The number of nitrogens with one attached hydrogen (secondary N) is 1. The molecule has 0 aliphatic heterocycles. The molecule has 9 nitrogen and oxygen atoms in total. The maximum absolute atomic E-state index is 12.3. The fourth-order valence-electron chi connectivity index (χ4n) is 4.54. The van der Waals surface area contributed by atoms with Gasteiger partial charge in [0.05, 0.1) is 5.66 Å². The van der Waals surface area contributed by atoms with E-state index in [4.69, 9.17) is 14.4 Å². The first-order valence-electron chi connectivity index (χ1n) is 14.9. The van der Waals surface area contributed by atoms with Crippen molar-refractivity contribution in [2.45, 2.75) is 161 Å². The molecule has 0 fully saturated rings. The summed E-state index contributed by atoms with van der Waals surface area (Å²) in [5, 5.41) is 11.6. The third-order valence-corrected chi connectivity index (χ3v) is 8.67. The lowest BCUT2D eigenvalue weighted by molar-refractivity contribution is -0.159. The summed E-state index contributed by atoms with van der Waals surface area (Å²) in [6, 6.07) is -0.944. The Balaban J connectivity index is 3.87. The fraction of sp³-hybridized carbons (Fsp3) is 0.897. The van der Waals surface area contributed by atoms with Gasteiger partial charge >= 0.3 is 19.5 Å². The number of hydrogen-bond donors (Lipinski definition) is 3. The Morgan fingerprint density at radius 1 is 0.795 bits per heavy atom. The Labute approximate surface area is 236 Å². The highest BCUT2D eigenvalue weighted by atomic mass is 31.2. The van der Waals surface area contributed by atoms with Gasteiger partial charge in [0.1, 0.15) is 11.6 Å². The third kappa shape index (κ3) is 21.0. The van der Waals surface area contributed by atoms with Crippen molar-refractivity contribution in [3.05, 3.63) is 0 Å². The maximum atomic E-state index is 12.3. The number of carboxylic acids is 1. The average Bonchev–Trinajstić information content (AvgIpc) is 2.84. The molecule has 3 atom stereocenters. The molecular formula is C29H56NO8P. The molecule has 0 aliphatic rings. The molecule has 230 valence electrons. The topological polar surface area (TPSA) is 139 Å². The van der Waals surface area contributed by atoms with Crippen LogP contribution in [0.5, 0.6) is 0 Å². The van der Waals surface area contributed by atoms with Crippen molar-refractivity contribution in [1.29, 1.82) is 0 Å². The van der Waals surface area contributed by atoms with Crippen molar-refractivity contribution in [3.63, 3.8) is 0 Å². The Bertz CT molecular complexity index is 737. The molecule has 0 aliphatic carbocycles. The Kier molecular flexibility index (Phi) is 20.5. The van der Waals surface area contributed by atoms with Crippen LogP contribution in [0.2, 0.25) is 0 Å². The zero-order valence-electron chi connectivity index (χ0n) is 25.2. The van der Waals surface area contributed by atoms with Gasteiger partial charge in [0.15, 0.2) is 0 Å². The molecular weight excluding hydrogens is 521 g/mol. The number of carbonyl (C=O) groups excluding carboxylic acids is 2. The van der Waals surface area contributed by atoms with E-state index < -0.39 is 31.2 Å². The van der Waals surface area contributed by atoms with Gasteiger partial charge in [0.2, 0.25) is 5.91 Å². The summed E-state index contributed by atoms with van der Waals surface area (Å²) < 4.78 is 22.2. The number of unbranched alkanes of at least 4 members (excludes halogenated alkanes) is 11. The van der Waals surface area contributed by atoms with Crippen LogP contribution in [0.15, 0.2) is 0 Å². The van der Waals surface area contributed by atoms with Crippen LogP contribution >= 0.6 is 7.60 Å². The largest absolute Gasteiger partial charge is 0.481 e. The van der Waals surface area contributed by atoms with Crippen molar-refractivity contribution in [1.82, 2.24) is 5.32 Å². The van der Waals surface area contributed by atoms with Crippen LogP contribution in [0, 0.1) is 0 Å². The molecule has 3 N–H and O–H groups in total. The second-order valence-electron chi connectivity index (χ2n) is 11.6. The molecule has 0 aromatic rings. The van der Waals surface area contributed by atoms with Gasteiger partial charge in [-0.1, -0.05) is 84.0 Å². The number of hydrogen-bond acceptors (Lipinski definition) is 6. The minimum absolute atomic E-state index is 0.0106. The standard InChI is InChI=1S/C29H56NO8P/c1-6-19-24(39(35,36)37-5)20-17-15-13-11-9-7-8-10-12-14-16-18-21-26(31)30-25(22-23-27(32)33)28(34)38-29(2,3)4/h24-25H,6-23H2,1-5H3,(H,30,31)(H,32,33)(H,35,36)/t24-,25?/m0/s1. The van der Waals surface area contributed by atoms with E-state index in [1.165, 1.54) is 39.2 Å². The van der Waals surface area contributed by atoms with Gasteiger partial charge < -0.3 is 24.6 Å². The predicted octanol–water partition coefficient (Wildman–Crippen LogP) is 7.14. The first kappa shape index (κ1) is 37.6. The summed E-state index contributed by atoms with van der Waals surface area (Å²) in [5.74, 6) is -1.87. The highest BCUT2D eigenvalue weighted by molar-refractivity contribution is 7.53. The zero-order chi connectivity index (χ0) is 29.7. The van der Waals surface area contributed by atoms with Crippen LogP contribution in [0.25, 0.3) is 0 Å². The minimum Gasteiger partial charge on any atom is -0.481 e. The Hall–Kier alpha value is -1.44. The van der Waals surface area contributed by atoms with Gasteiger partial charge in [-0.2, -0.15) is 0 Å². The molecule has 10 heteroatoms. The summed E-state index contributed by atoms with van der Waals surface area (Å²) >= 11 is 0. The van der Waals surface area contributed by atoms with E-state index in [1.807, 2.05) is 6.92 Å². The smallest absolute Gasteiger partial charge is 0.330 e. The Morgan fingerprint density at radius 3 is 1.72 bits per heavy atom. The maximum Gasteiger partial charge on any atom is 0.330 e. The number of aliphatic carboxylic acids is 1. The average molecular weight is 578 g/mol. The van der Waals surface area contributed by atoms with E-state index in [1.54, 1.807) is 20.8 Å². The van der Waals surface area contributed by atoms with Gasteiger partial charge in [-0.25, -0.2) is 4.79 Å². The molecule has 0 aromatic heterocycles. The van der Waals surface area contributed by atoms with Crippen molar-refractivity contribution >= 4 is 25.4 Å². The van der Waals surface area contributed by atoms with Crippen LogP contribution in [-0.2, 0) is 28.2 Å². The van der Waals surface area contributed by atoms with Gasteiger partial charge in [-0.15, -0.1) is 0 Å². The third-order valence-electron chi connectivity index (χ3n) is 6.71. The number of ether oxygens (including phenoxy) is 1. The van der Waals surface area contributed by atoms with E-state index in [9.17, 15) is 23.8 Å². The van der Waals surface area contributed by atoms with E-state index in [0.29, 0.717) is 6.42 Å². The first-order valence-corrected chi connectivity index (χ1v) is 16.6.